The molecular weight excluding hydrogens is 421 g/mol. The standard InChI is InChI=1S/C26H20FN3OS/c1-17-22(15-24-25(31)29-26(32-24)28-20-13-11-19(27)12-14-20)21-9-5-6-10-23(21)30(17)16-18-7-3-2-4-8-18/h2-15H,16H2,1H3,(H,28,29,31). The van der Waals surface area contributed by atoms with Crippen LogP contribution < -0.4 is 5.32 Å². The number of aromatic nitrogens is 1. The first kappa shape index (κ1) is 20.3. The lowest BCUT2D eigenvalue weighted by Crippen LogP contribution is -2.19. The first-order valence-corrected chi connectivity index (χ1v) is 11.1. The third-order valence-corrected chi connectivity index (χ3v) is 6.36. The van der Waals surface area contributed by atoms with Gasteiger partial charge in [0.1, 0.15) is 5.82 Å². The molecule has 3 aromatic carbocycles. The molecule has 32 heavy (non-hydrogen) atoms. The van der Waals surface area contributed by atoms with Gasteiger partial charge in [0, 0.05) is 28.7 Å². The van der Waals surface area contributed by atoms with Gasteiger partial charge in [-0.1, -0.05) is 48.5 Å². The van der Waals surface area contributed by atoms with Gasteiger partial charge in [-0.05, 0) is 60.7 Å². The number of amides is 1. The molecule has 0 atom stereocenters. The average Bonchev–Trinajstić information content (AvgIpc) is 3.28. The van der Waals surface area contributed by atoms with Crippen LogP contribution in [-0.2, 0) is 11.3 Å². The van der Waals surface area contributed by atoms with Crippen molar-refractivity contribution in [1.82, 2.24) is 9.88 Å². The number of nitrogens with one attached hydrogen (secondary N) is 1. The zero-order valence-corrected chi connectivity index (χ0v) is 18.2. The second-order valence-corrected chi connectivity index (χ2v) is 8.58. The van der Waals surface area contributed by atoms with E-state index < -0.39 is 0 Å². The highest BCUT2D eigenvalue weighted by Gasteiger charge is 2.25. The number of fused-ring (bicyclic) bond motifs is 1. The third-order valence-electron chi connectivity index (χ3n) is 5.45. The van der Waals surface area contributed by atoms with Crippen LogP contribution in [0.2, 0.25) is 0 Å². The van der Waals surface area contributed by atoms with Crippen LogP contribution in [0.4, 0.5) is 10.1 Å². The lowest BCUT2D eigenvalue weighted by molar-refractivity contribution is -0.115. The Hall–Kier alpha value is -3.64. The first-order chi connectivity index (χ1) is 15.6. The number of hydrogen-bond acceptors (Lipinski definition) is 3. The molecule has 1 aliphatic rings. The zero-order chi connectivity index (χ0) is 22.1. The minimum Gasteiger partial charge on any atom is -0.340 e. The average molecular weight is 442 g/mol. The molecule has 1 fully saturated rings. The van der Waals surface area contributed by atoms with Gasteiger partial charge in [0.15, 0.2) is 5.17 Å². The number of aliphatic imine (C=N–C) groups is 1. The van der Waals surface area contributed by atoms with E-state index in [4.69, 9.17) is 0 Å². The molecule has 0 bridgehead atoms. The van der Waals surface area contributed by atoms with Crippen LogP contribution >= 0.6 is 11.8 Å². The normalized spacial score (nSPS) is 16.2. The van der Waals surface area contributed by atoms with Crippen molar-refractivity contribution in [3.8, 4) is 0 Å². The topological polar surface area (TPSA) is 46.4 Å². The van der Waals surface area contributed by atoms with Gasteiger partial charge in [0.2, 0.25) is 0 Å². The number of halogens is 1. The number of amidine groups is 1. The Kier molecular flexibility index (Phi) is 5.37. The van der Waals surface area contributed by atoms with Crippen molar-refractivity contribution in [3.63, 3.8) is 0 Å². The molecule has 1 N–H and O–H groups in total. The summed E-state index contributed by atoms with van der Waals surface area (Å²) in [5.41, 5.74) is 5.06. The minimum atomic E-state index is -0.319. The van der Waals surface area contributed by atoms with E-state index in [0.29, 0.717) is 15.8 Å². The maximum atomic E-state index is 13.1. The second-order valence-electron chi connectivity index (χ2n) is 7.55. The maximum Gasteiger partial charge on any atom is 0.264 e. The number of hydrogen-bond donors (Lipinski definition) is 1. The highest BCUT2D eigenvalue weighted by atomic mass is 32.2. The zero-order valence-electron chi connectivity index (χ0n) is 17.4. The summed E-state index contributed by atoms with van der Waals surface area (Å²) in [5, 5.41) is 4.39. The van der Waals surface area contributed by atoms with E-state index in [1.807, 2.05) is 36.4 Å². The summed E-state index contributed by atoms with van der Waals surface area (Å²) in [6.07, 6.45) is 1.94. The third kappa shape index (κ3) is 3.97. The molecule has 1 saturated heterocycles. The molecule has 6 heteroatoms. The van der Waals surface area contributed by atoms with Crippen molar-refractivity contribution in [3.05, 3.63) is 106 Å². The van der Waals surface area contributed by atoms with Crippen molar-refractivity contribution >= 4 is 45.5 Å². The number of thioether (sulfide) groups is 1. The van der Waals surface area contributed by atoms with E-state index in [1.54, 1.807) is 12.1 Å². The Bertz CT molecular complexity index is 1370. The summed E-state index contributed by atoms with van der Waals surface area (Å²) in [6, 6.07) is 24.4. The number of rotatable bonds is 4. The molecule has 158 valence electrons. The summed E-state index contributed by atoms with van der Waals surface area (Å²) in [6.45, 7) is 2.84. The first-order valence-electron chi connectivity index (χ1n) is 10.3. The van der Waals surface area contributed by atoms with Crippen LogP contribution in [0.15, 0.2) is 88.8 Å². The Morgan fingerprint density at radius 3 is 2.50 bits per heavy atom. The van der Waals surface area contributed by atoms with Gasteiger partial charge in [-0.2, -0.15) is 0 Å². The lowest BCUT2D eigenvalue weighted by atomic mass is 10.1. The molecule has 1 amide bonds. The number of para-hydroxylation sites is 1. The van der Waals surface area contributed by atoms with Crippen molar-refractivity contribution in [2.24, 2.45) is 4.99 Å². The molecule has 5 rings (SSSR count). The summed E-state index contributed by atoms with van der Waals surface area (Å²) in [4.78, 5) is 17.6. The van der Waals surface area contributed by atoms with Crippen molar-refractivity contribution in [2.75, 3.05) is 0 Å². The number of carbonyl (C=O) groups is 1. The quantitative estimate of drug-likeness (QED) is 0.393. The van der Waals surface area contributed by atoms with Crippen LogP contribution in [0, 0.1) is 12.7 Å². The SMILES string of the molecule is Cc1c(C=C2SC(=Nc3ccc(F)cc3)NC2=O)c2ccccc2n1Cc1ccccc1. The van der Waals surface area contributed by atoms with Gasteiger partial charge < -0.3 is 9.88 Å². The lowest BCUT2D eigenvalue weighted by Gasteiger charge is -2.08. The van der Waals surface area contributed by atoms with Gasteiger partial charge in [-0.15, -0.1) is 0 Å². The molecule has 0 aliphatic carbocycles. The van der Waals surface area contributed by atoms with Crippen LogP contribution in [0.3, 0.4) is 0 Å². The van der Waals surface area contributed by atoms with E-state index in [2.05, 4.69) is 46.1 Å². The van der Waals surface area contributed by atoms with Crippen molar-refractivity contribution in [2.45, 2.75) is 13.5 Å². The van der Waals surface area contributed by atoms with E-state index in [-0.39, 0.29) is 11.7 Å². The number of nitrogens with zero attached hydrogens (tertiary/aromatic N) is 2. The molecule has 4 aromatic rings. The molecule has 0 saturated carbocycles. The Balaban J connectivity index is 1.51. The Morgan fingerprint density at radius 1 is 1.00 bits per heavy atom. The molecular formula is C26H20FN3OS. The molecule has 1 aliphatic heterocycles. The molecule has 0 spiro atoms. The van der Waals surface area contributed by atoms with E-state index in [1.165, 1.54) is 29.5 Å². The predicted molar refractivity (Wildman–Crippen MR) is 129 cm³/mol. The van der Waals surface area contributed by atoms with Crippen molar-refractivity contribution < 1.29 is 9.18 Å². The summed E-state index contributed by atoms with van der Waals surface area (Å²) < 4.78 is 15.4. The van der Waals surface area contributed by atoms with Crippen LogP contribution in [0.1, 0.15) is 16.8 Å². The molecule has 1 aromatic heterocycles. The van der Waals surface area contributed by atoms with Crippen molar-refractivity contribution in [1.29, 1.82) is 0 Å². The molecule has 0 unspecified atom stereocenters. The fourth-order valence-corrected chi connectivity index (χ4v) is 4.68. The van der Waals surface area contributed by atoms with Gasteiger partial charge in [0.05, 0.1) is 10.6 Å². The number of carbonyl (C=O) groups excluding carboxylic acids is 1. The molecule has 0 radical (unpaired) electrons. The van der Waals surface area contributed by atoms with Crippen LogP contribution in [-0.4, -0.2) is 15.6 Å². The van der Waals surface area contributed by atoms with E-state index >= 15 is 0 Å². The molecule has 2 heterocycles. The van der Waals surface area contributed by atoms with Gasteiger partial charge in [-0.25, -0.2) is 9.38 Å². The monoisotopic (exact) mass is 441 g/mol. The number of benzene rings is 3. The van der Waals surface area contributed by atoms with Crippen LogP contribution in [0.25, 0.3) is 17.0 Å². The smallest absolute Gasteiger partial charge is 0.264 e. The van der Waals surface area contributed by atoms with Gasteiger partial charge in [-0.3, -0.25) is 4.79 Å². The van der Waals surface area contributed by atoms with Gasteiger partial charge >= 0.3 is 0 Å². The Labute approximate surface area is 189 Å². The fourth-order valence-electron chi connectivity index (χ4n) is 3.85. The van der Waals surface area contributed by atoms with Crippen LogP contribution in [0.5, 0.6) is 0 Å². The predicted octanol–water partition coefficient (Wildman–Crippen LogP) is 6.03. The van der Waals surface area contributed by atoms with E-state index in [9.17, 15) is 9.18 Å². The fraction of sp³-hybridized carbons (Fsp3) is 0.0769. The minimum absolute atomic E-state index is 0.185. The maximum absolute atomic E-state index is 13.1. The Morgan fingerprint density at radius 2 is 1.72 bits per heavy atom. The largest absolute Gasteiger partial charge is 0.340 e. The molecule has 4 nitrogen and oxygen atoms in total. The second kappa shape index (κ2) is 8.48. The highest BCUT2D eigenvalue weighted by molar-refractivity contribution is 8.18. The van der Waals surface area contributed by atoms with Gasteiger partial charge in [0.25, 0.3) is 5.91 Å². The summed E-state index contributed by atoms with van der Waals surface area (Å²) in [7, 11) is 0. The highest BCUT2D eigenvalue weighted by Crippen LogP contribution is 2.33. The van der Waals surface area contributed by atoms with E-state index in [0.717, 1.165) is 28.7 Å². The summed E-state index contributed by atoms with van der Waals surface area (Å²) in [5.74, 6) is -0.504. The summed E-state index contributed by atoms with van der Waals surface area (Å²) >= 11 is 1.29.